The van der Waals surface area contributed by atoms with Crippen LogP contribution in [-0.2, 0) is 32.7 Å². The second-order valence-corrected chi connectivity index (χ2v) is 17.1. The van der Waals surface area contributed by atoms with E-state index in [9.17, 15) is 19.0 Å². The molecule has 0 aromatic heterocycles. The Morgan fingerprint density at radius 3 is 1.54 bits per heavy atom. The van der Waals surface area contributed by atoms with Gasteiger partial charge < -0.3 is 27.9 Å². The Morgan fingerprint density at radius 1 is 0.554 bits per heavy atom. The van der Waals surface area contributed by atoms with E-state index in [0.29, 0.717) is 23.9 Å². The lowest BCUT2D eigenvalue weighted by atomic mass is 10.1. The van der Waals surface area contributed by atoms with Crippen molar-refractivity contribution in [3.63, 3.8) is 0 Å². The van der Waals surface area contributed by atoms with Crippen molar-refractivity contribution in [3.8, 4) is 0 Å². The van der Waals surface area contributed by atoms with Crippen molar-refractivity contribution in [2.24, 2.45) is 0 Å². The van der Waals surface area contributed by atoms with Gasteiger partial charge in [-0.25, -0.2) is 0 Å². The van der Waals surface area contributed by atoms with Crippen molar-refractivity contribution in [2.45, 2.75) is 174 Å². The smallest absolute Gasteiger partial charge is 0.306 e. The molecule has 0 fully saturated rings. The van der Waals surface area contributed by atoms with E-state index in [1.165, 1.54) is 83.5 Å². The number of likely N-dealkylation sites (N-methyl/N-ethyl adjacent to an activating group) is 1. The molecular formula is C46H82NO8P. The van der Waals surface area contributed by atoms with E-state index in [2.05, 4.69) is 68.5 Å². The predicted molar refractivity (Wildman–Crippen MR) is 231 cm³/mol. The topological polar surface area (TPSA) is 111 Å². The Morgan fingerprint density at radius 2 is 0.982 bits per heavy atom. The fraction of sp³-hybridized carbons (Fsp3) is 0.739. The highest BCUT2D eigenvalue weighted by molar-refractivity contribution is 7.45. The molecule has 324 valence electrons. The fourth-order valence-corrected chi connectivity index (χ4v) is 6.25. The minimum atomic E-state index is -4.64. The van der Waals surface area contributed by atoms with Gasteiger partial charge in [0, 0.05) is 12.8 Å². The van der Waals surface area contributed by atoms with Crippen molar-refractivity contribution in [1.29, 1.82) is 0 Å². The molecular weight excluding hydrogens is 725 g/mol. The molecule has 1 unspecified atom stereocenters. The van der Waals surface area contributed by atoms with Gasteiger partial charge in [-0.1, -0.05) is 139 Å². The second kappa shape index (κ2) is 38.2. The first-order valence-corrected chi connectivity index (χ1v) is 23.5. The molecule has 2 atom stereocenters. The molecule has 0 N–H and O–H groups in total. The molecule has 0 radical (unpaired) electrons. The number of quaternary nitrogens is 1. The van der Waals surface area contributed by atoms with Gasteiger partial charge in [0.15, 0.2) is 6.10 Å². The Balaban J connectivity index is 4.49. The lowest BCUT2D eigenvalue weighted by Crippen LogP contribution is -2.37. The highest BCUT2D eigenvalue weighted by Crippen LogP contribution is 2.38. The first kappa shape index (κ1) is 53.7. The standard InChI is InChI=1S/C46H82NO8P/c1-6-8-10-12-14-16-18-20-22-23-25-26-28-30-32-34-36-38-45(48)52-42-44(43-54-56(50,51)53-41-40-47(3,4)5)55-46(49)39-37-35-33-31-29-27-24-21-19-17-15-13-11-9-7-2/h14,16,20,22,25-26,29-32,44H,6-13,15,17-19,21,23-24,27-28,33-43H2,1-5H3/b16-14+,22-20+,26-25+,31-29+,32-30+/t44-/m1/s1. The van der Waals surface area contributed by atoms with Gasteiger partial charge >= 0.3 is 11.9 Å². The van der Waals surface area contributed by atoms with Gasteiger partial charge in [0.1, 0.15) is 19.8 Å². The summed E-state index contributed by atoms with van der Waals surface area (Å²) in [5.74, 6) is -0.929. The molecule has 0 rings (SSSR count). The number of carbonyl (C=O) groups is 2. The van der Waals surface area contributed by atoms with E-state index in [0.717, 1.165) is 44.9 Å². The van der Waals surface area contributed by atoms with Gasteiger partial charge in [-0.15, -0.1) is 0 Å². The summed E-state index contributed by atoms with van der Waals surface area (Å²) in [5.41, 5.74) is 0. The van der Waals surface area contributed by atoms with Crippen LogP contribution >= 0.6 is 7.82 Å². The minimum absolute atomic E-state index is 0.0448. The van der Waals surface area contributed by atoms with Gasteiger partial charge in [-0.2, -0.15) is 0 Å². The van der Waals surface area contributed by atoms with Crippen LogP contribution in [0.4, 0.5) is 0 Å². The molecule has 0 aliphatic heterocycles. The van der Waals surface area contributed by atoms with Gasteiger partial charge in [-0.3, -0.25) is 14.2 Å². The van der Waals surface area contributed by atoms with Crippen LogP contribution in [0.2, 0.25) is 0 Å². The van der Waals surface area contributed by atoms with E-state index in [1.54, 1.807) is 0 Å². The predicted octanol–water partition coefficient (Wildman–Crippen LogP) is 11.8. The summed E-state index contributed by atoms with van der Waals surface area (Å²) in [6.45, 7) is 4.10. The minimum Gasteiger partial charge on any atom is -0.756 e. The van der Waals surface area contributed by atoms with E-state index >= 15 is 0 Å². The Hall–Kier alpha value is -2.29. The Labute approximate surface area is 343 Å². The SMILES string of the molecule is CCCCC/C=C/C/C=C/C/C=C/C/C=C/CCCC(=O)OC[C@H](COP(=O)([O-])OCC[N+](C)(C)C)OC(=O)CCCC/C=C/CCCCCCCCCCC. The molecule has 0 aromatic carbocycles. The first-order valence-electron chi connectivity index (χ1n) is 22.0. The van der Waals surface area contributed by atoms with E-state index in [4.69, 9.17) is 18.5 Å². The molecule has 0 amide bonds. The molecule has 10 heteroatoms. The van der Waals surface area contributed by atoms with Crippen LogP contribution in [-0.4, -0.2) is 70.0 Å². The van der Waals surface area contributed by atoms with Gasteiger partial charge in [0.2, 0.25) is 0 Å². The van der Waals surface area contributed by atoms with Crippen molar-refractivity contribution in [2.75, 3.05) is 47.5 Å². The molecule has 0 aliphatic rings. The van der Waals surface area contributed by atoms with Crippen molar-refractivity contribution >= 4 is 19.8 Å². The summed E-state index contributed by atoms with van der Waals surface area (Å²) in [4.78, 5) is 37.5. The van der Waals surface area contributed by atoms with Crippen LogP contribution in [0.1, 0.15) is 168 Å². The largest absolute Gasteiger partial charge is 0.756 e. The highest BCUT2D eigenvalue weighted by atomic mass is 31.2. The molecule has 0 heterocycles. The van der Waals surface area contributed by atoms with E-state index < -0.39 is 32.5 Å². The van der Waals surface area contributed by atoms with Crippen LogP contribution in [0.3, 0.4) is 0 Å². The fourth-order valence-electron chi connectivity index (χ4n) is 5.52. The first-order chi connectivity index (χ1) is 27.0. The van der Waals surface area contributed by atoms with Crippen LogP contribution in [0.25, 0.3) is 0 Å². The van der Waals surface area contributed by atoms with Crippen LogP contribution in [0.15, 0.2) is 60.8 Å². The Kier molecular flexibility index (Phi) is 36.7. The summed E-state index contributed by atoms with van der Waals surface area (Å²) in [6.07, 6.45) is 45.4. The molecule has 0 bridgehead atoms. The molecule has 0 aliphatic carbocycles. The van der Waals surface area contributed by atoms with Crippen LogP contribution in [0, 0.1) is 0 Å². The zero-order valence-electron chi connectivity index (χ0n) is 36.3. The number of allylic oxidation sites excluding steroid dienone is 10. The maximum Gasteiger partial charge on any atom is 0.306 e. The number of esters is 2. The highest BCUT2D eigenvalue weighted by Gasteiger charge is 2.21. The normalized spacial score (nSPS) is 14.2. The van der Waals surface area contributed by atoms with E-state index in [-0.39, 0.29) is 26.1 Å². The molecule has 9 nitrogen and oxygen atoms in total. The lowest BCUT2D eigenvalue weighted by molar-refractivity contribution is -0.870. The summed E-state index contributed by atoms with van der Waals surface area (Å²) in [6, 6.07) is 0. The summed E-state index contributed by atoms with van der Waals surface area (Å²) in [7, 11) is 1.12. The van der Waals surface area contributed by atoms with Gasteiger partial charge in [0.25, 0.3) is 7.82 Å². The number of phosphoric ester groups is 1. The average molecular weight is 808 g/mol. The summed E-state index contributed by atoms with van der Waals surface area (Å²) in [5, 5.41) is 0. The third-order valence-electron chi connectivity index (χ3n) is 9.01. The van der Waals surface area contributed by atoms with Crippen molar-refractivity contribution < 1.29 is 42.1 Å². The zero-order valence-corrected chi connectivity index (χ0v) is 37.2. The average Bonchev–Trinajstić information content (AvgIpc) is 3.15. The molecule has 0 saturated carbocycles. The maximum absolute atomic E-state index is 12.7. The lowest BCUT2D eigenvalue weighted by Gasteiger charge is -2.28. The van der Waals surface area contributed by atoms with Crippen LogP contribution < -0.4 is 4.89 Å². The number of ether oxygens (including phenoxy) is 2. The number of hydrogen-bond donors (Lipinski definition) is 0. The molecule has 0 spiro atoms. The monoisotopic (exact) mass is 808 g/mol. The summed E-state index contributed by atoms with van der Waals surface area (Å²) < 4.78 is 33.8. The molecule has 56 heavy (non-hydrogen) atoms. The molecule has 0 aromatic rings. The number of nitrogens with zero attached hydrogens (tertiary/aromatic N) is 1. The third-order valence-corrected chi connectivity index (χ3v) is 9.97. The Bertz CT molecular complexity index is 1140. The third kappa shape index (κ3) is 41.3. The maximum atomic E-state index is 12.7. The number of carbonyl (C=O) groups excluding carboxylic acids is 2. The second-order valence-electron chi connectivity index (χ2n) is 15.7. The molecule has 0 saturated heterocycles. The number of hydrogen-bond acceptors (Lipinski definition) is 8. The van der Waals surface area contributed by atoms with Gasteiger partial charge in [0.05, 0.1) is 27.7 Å². The van der Waals surface area contributed by atoms with Gasteiger partial charge in [-0.05, 0) is 77.0 Å². The zero-order chi connectivity index (χ0) is 41.4. The number of rotatable bonds is 39. The van der Waals surface area contributed by atoms with E-state index in [1.807, 2.05) is 27.2 Å². The summed E-state index contributed by atoms with van der Waals surface area (Å²) >= 11 is 0. The number of unbranched alkanes of at least 4 members (excludes halogenated alkanes) is 15. The quantitative estimate of drug-likeness (QED) is 0.0198. The van der Waals surface area contributed by atoms with Crippen LogP contribution in [0.5, 0.6) is 0 Å². The number of phosphoric acid groups is 1. The van der Waals surface area contributed by atoms with Crippen molar-refractivity contribution in [1.82, 2.24) is 0 Å². The van der Waals surface area contributed by atoms with Crippen molar-refractivity contribution in [3.05, 3.63) is 60.8 Å².